The van der Waals surface area contributed by atoms with Gasteiger partial charge in [0.25, 0.3) is 0 Å². The van der Waals surface area contributed by atoms with Crippen LogP contribution in [0.1, 0.15) is 26.2 Å². The first-order valence-electron chi connectivity index (χ1n) is 4.81. The fraction of sp³-hybridized carbons (Fsp3) is 0.333. The summed E-state index contributed by atoms with van der Waals surface area (Å²) >= 11 is 0. The highest BCUT2D eigenvalue weighted by Gasteiger charge is 1.96. The van der Waals surface area contributed by atoms with Crippen LogP contribution in [0.3, 0.4) is 0 Å². The van der Waals surface area contributed by atoms with Crippen LogP contribution in [0.2, 0.25) is 0 Å². The van der Waals surface area contributed by atoms with Crippen LogP contribution in [-0.4, -0.2) is 0 Å². The van der Waals surface area contributed by atoms with Crippen molar-refractivity contribution in [1.82, 2.24) is 0 Å². The third-order valence-electron chi connectivity index (χ3n) is 2.06. The maximum absolute atomic E-state index is 5.33. The van der Waals surface area contributed by atoms with Crippen LogP contribution in [-0.2, 0) is 0 Å². The molecule has 0 atom stereocenters. The van der Waals surface area contributed by atoms with Crippen LogP contribution < -0.4 is 5.73 Å². The summed E-state index contributed by atoms with van der Waals surface area (Å²) in [6.07, 6.45) is 15.6. The van der Waals surface area contributed by atoms with Gasteiger partial charge in [-0.3, -0.25) is 0 Å². The summed E-state index contributed by atoms with van der Waals surface area (Å²) in [5, 5.41) is 0. The quantitative estimate of drug-likeness (QED) is 0.701. The summed E-state index contributed by atoms with van der Waals surface area (Å²) in [5.74, 6) is 0. The largest absolute Gasteiger partial charge is 0.405 e. The van der Waals surface area contributed by atoms with Crippen molar-refractivity contribution >= 4 is 0 Å². The molecular weight excluding hydrogens is 158 g/mol. The Bertz CT molecular complexity index is 267. The smallest absolute Gasteiger partial charge is 0.00564 e. The molecule has 1 heteroatoms. The first kappa shape index (κ1) is 9.85. The molecule has 1 nitrogen and oxygen atoms in total. The Labute approximate surface area is 80.3 Å². The van der Waals surface area contributed by atoms with Gasteiger partial charge in [-0.2, -0.15) is 0 Å². The van der Waals surface area contributed by atoms with Gasteiger partial charge in [-0.25, -0.2) is 0 Å². The van der Waals surface area contributed by atoms with Crippen molar-refractivity contribution in [3.8, 4) is 0 Å². The zero-order chi connectivity index (χ0) is 9.52. The van der Waals surface area contributed by atoms with E-state index in [1.165, 1.54) is 24.0 Å². The number of hydrogen-bond acceptors (Lipinski definition) is 1. The lowest BCUT2D eigenvalue weighted by molar-refractivity contribution is 0.881. The molecule has 0 aromatic heterocycles. The summed E-state index contributed by atoms with van der Waals surface area (Å²) in [7, 11) is 0. The van der Waals surface area contributed by atoms with E-state index in [1.807, 2.05) is 6.08 Å². The Hall–Kier alpha value is -1.24. The third kappa shape index (κ3) is 3.32. The standard InChI is InChI=1S/C12H17N/c1-2-4-11-5-3-6-12(8-7-11)9-10-13/h3,6-10H,2,4-5,13H2,1H3/b10-9+. The molecule has 0 unspecified atom stereocenters. The molecular formula is C12H17N. The Morgan fingerprint density at radius 2 is 2.31 bits per heavy atom. The highest BCUT2D eigenvalue weighted by molar-refractivity contribution is 5.37. The fourth-order valence-electron chi connectivity index (χ4n) is 1.41. The lowest BCUT2D eigenvalue weighted by Gasteiger charge is -1.98. The molecule has 1 rings (SSSR count). The minimum Gasteiger partial charge on any atom is -0.405 e. The molecule has 0 spiro atoms. The van der Waals surface area contributed by atoms with E-state index in [0.29, 0.717) is 0 Å². The predicted octanol–water partition coefficient (Wildman–Crippen LogP) is 3.07. The van der Waals surface area contributed by atoms with E-state index in [-0.39, 0.29) is 0 Å². The molecule has 0 saturated carbocycles. The predicted molar refractivity (Wildman–Crippen MR) is 58.2 cm³/mol. The van der Waals surface area contributed by atoms with Crippen LogP contribution in [0.25, 0.3) is 0 Å². The van der Waals surface area contributed by atoms with Gasteiger partial charge in [-0.1, -0.05) is 43.2 Å². The molecule has 2 N–H and O–H groups in total. The fourth-order valence-corrected chi connectivity index (χ4v) is 1.41. The number of allylic oxidation sites excluding steroid dienone is 7. The molecule has 0 aliphatic heterocycles. The molecule has 0 saturated heterocycles. The highest BCUT2D eigenvalue weighted by atomic mass is 14.5. The van der Waals surface area contributed by atoms with E-state index in [1.54, 1.807) is 6.20 Å². The van der Waals surface area contributed by atoms with E-state index in [0.717, 1.165) is 6.42 Å². The zero-order valence-corrected chi connectivity index (χ0v) is 8.16. The molecule has 1 aliphatic rings. The average Bonchev–Trinajstić information content (AvgIpc) is 2.33. The number of rotatable bonds is 3. The van der Waals surface area contributed by atoms with Crippen molar-refractivity contribution in [2.75, 3.05) is 0 Å². The molecule has 1 aliphatic carbocycles. The molecule has 0 bridgehead atoms. The van der Waals surface area contributed by atoms with Crippen LogP contribution in [0.5, 0.6) is 0 Å². The summed E-state index contributed by atoms with van der Waals surface area (Å²) in [6.45, 7) is 2.21. The molecule has 0 aromatic rings. The summed E-state index contributed by atoms with van der Waals surface area (Å²) in [5.41, 5.74) is 8.00. The number of hydrogen-bond donors (Lipinski definition) is 1. The van der Waals surface area contributed by atoms with Crippen LogP contribution in [0, 0.1) is 0 Å². The Kier molecular flexibility index (Phi) is 4.10. The SMILES string of the molecule is CCCC1=CC=C(/C=C/N)C=CC1. The molecule has 0 amide bonds. The second kappa shape index (κ2) is 5.41. The minimum atomic E-state index is 1.08. The van der Waals surface area contributed by atoms with Crippen molar-refractivity contribution in [1.29, 1.82) is 0 Å². The minimum absolute atomic E-state index is 1.08. The molecule has 13 heavy (non-hydrogen) atoms. The van der Waals surface area contributed by atoms with Gasteiger partial charge in [0, 0.05) is 0 Å². The highest BCUT2D eigenvalue weighted by Crippen LogP contribution is 2.15. The van der Waals surface area contributed by atoms with E-state index in [2.05, 4.69) is 31.2 Å². The van der Waals surface area contributed by atoms with Crippen molar-refractivity contribution < 1.29 is 0 Å². The van der Waals surface area contributed by atoms with Crippen LogP contribution in [0.15, 0.2) is 47.7 Å². The first-order valence-corrected chi connectivity index (χ1v) is 4.81. The lowest BCUT2D eigenvalue weighted by Crippen LogP contribution is -1.78. The summed E-state index contributed by atoms with van der Waals surface area (Å²) < 4.78 is 0. The van der Waals surface area contributed by atoms with Gasteiger partial charge >= 0.3 is 0 Å². The third-order valence-corrected chi connectivity index (χ3v) is 2.06. The monoisotopic (exact) mass is 175 g/mol. The van der Waals surface area contributed by atoms with Gasteiger partial charge in [0.2, 0.25) is 0 Å². The van der Waals surface area contributed by atoms with Gasteiger partial charge in [-0.05, 0) is 30.7 Å². The molecule has 0 aromatic carbocycles. The maximum atomic E-state index is 5.33. The maximum Gasteiger partial charge on any atom is -0.00564 e. The van der Waals surface area contributed by atoms with Gasteiger partial charge in [0.15, 0.2) is 0 Å². The van der Waals surface area contributed by atoms with Gasteiger partial charge in [0.1, 0.15) is 0 Å². The second-order valence-corrected chi connectivity index (χ2v) is 3.21. The second-order valence-electron chi connectivity index (χ2n) is 3.21. The van der Waals surface area contributed by atoms with Crippen LogP contribution >= 0.6 is 0 Å². The van der Waals surface area contributed by atoms with Gasteiger partial charge in [0.05, 0.1) is 0 Å². The summed E-state index contributed by atoms with van der Waals surface area (Å²) in [4.78, 5) is 0. The van der Waals surface area contributed by atoms with Crippen molar-refractivity contribution in [2.45, 2.75) is 26.2 Å². The zero-order valence-electron chi connectivity index (χ0n) is 8.16. The Balaban J connectivity index is 2.70. The summed E-state index contributed by atoms with van der Waals surface area (Å²) in [6, 6.07) is 0. The van der Waals surface area contributed by atoms with Gasteiger partial charge in [-0.15, -0.1) is 0 Å². The van der Waals surface area contributed by atoms with E-state index in [4.69, 9.17) is 5.73 Å². The van der Waals surface area contributed by atoms with E-state index < -0.39 is 0 Å². The topological polar surface area (TPSA) is 26.0 Å². The molecule has 0 radical (unpaired) electrons. The Morgan fingerprint density at radius 3 is 3.00 bits per heavy atom. The lowest BCUT2D eigenvalue weighted by atomic mass is 10.1. The van der Waals surface area contributed by atoms with Crippen LogP contribution in [0.4, 0.5) is 0 Å². The average molecular weight is 175 g/mol. The van der Waals surface area contributed by atoms with E-state index in [9.17, 15) is 0 Å². The van der Waals surface area contributed by atoms with Crippen molar-refractivity contribution in [3.63, 3.8) is 0 Å². The Morgan fingerprint density at radius 1 is 1.46 bits per heavy atom. The molecule has 70 valence electrons. The normalized spacial score (nSPS) is 17.0. The van der Waals surface area contributed by atoms with E-state index >= 15 is 0 Å². The molecule has 0 fully saturated rings. The van der Waals surface area contributed by atoms with Gasteiger partial charge < -0.3 is 5.73 Å². The number of nitrogens with two attached hydrogens (primary N) is 1. The van der Waals surface area contributed by atoms with Crippen molar-refractivity contribution in [3.05, 3.63) is 47.7 Å². The van der Waals surface area contributed by atoms with Crippen molar-refractivity contribution in [2.24, 2.45) is 5.73 Å². The first-order chi connectivity index (χ1) is 6.36. The molecule has 0 heterocycles.